The Labute approximate surface area is 182 Å². The zero-order valence-electron chi connectivity index (χ0n) is 16.1. The van der Waals surface area contributed by atoms with Crippen LogP contribution in [0.2, 0.25) is 0 Å². The van der Waals surface area contributed by atoms with Gasteiger partial charge < -0.3 is 25.6 Å². The lowest BCUT2D eigenvalue weighted by molar-refractivity contribution is -0.142. The van der Waals surface area contributed by atoms with Gasteiger partial charge in [-0.05, 0) is 17.2 Å². The first-order valence-electron chi connectivity index (χ1n) is 9.23. The second kappa shape index (κ2) is 11.9. The number of carboxylic acid groups (broad SMARTS) is 1. The van der Waals surface area contributed by atoms with Crippen molar-refractivity contribution >= 4 is 33.9 Å². The van der Waals surface area contributed by atoms with Crippen LogP contribution in [0.4, 0.5) is 4.79 Å². The Balaban J connectivity index is 1.74. The molecule has 0 aliphatic rings. The van der Waals surface area contributed by atoms with Crippen molar-refractivity contribution in [1.29, 1.82) is 0 Å². The highest BCUT2D eigenvalue weighted by atomic mass is 79.9. The number of carbonyl (C=O) groups is 3. The Bertz CT molecular complexity index is 862. The molecule has 0 fully saturated rings. The van der Waals surface area contributed by atoms with Gasteiger partial charge in [-0.15, -0.1) is 0 Å². The van der Waals surface area contributed by atoms with Gasteiger partial charge in [0.1, 0.15) is 12.6 Å². The van der Waals surface area contributed by atoms with Crippen molar-refractivity contribution in [3.63, 3.8) is 0 Å². The molecule has 160 valence electrons. The highest BCUT2D eigenvalue weighted by Crippen LogP contribution is 2.17. The summed E-state index contributed by atoms with van der Waals surface area (Å²) in [5.74, 6) is -1.82. The van der Waals surface area contributed by atoms with Crippen LogP contribution in [0, 0.1) is 0 Å². The number of hydrogen-bond donors (Lipinski definition) is 4. The van der Waals surface area contributed by atoms with Crippen LogP contribution in [0.1, 0.15) is 17.5 Å². The second-order valence-electron chi connectivity index (χ2n) is 6.55. The smallest absolute Gasteiger partial charge is 0.407 e. The van der Waals surface area contributed by atoms with Crippen LogP contribution in [-0.4, -0.2) is 46.9 Å². The van der Waals surface area contributed by atoms with Crippen LogP contribution in [0.25, 0.3) is 0 Å². The summed E-state index contributed by atoms with van der Waals surface area (Å²) in [6.07, 6.45) is -2.19. The fraction of sp³-hybridized carbons (Fsp3) is 0.286. The van der Waals surface area contributed by atoms with Crippen molar-refractivity contribution in [2.75, 3.05) is 6.54 Å². The van der Waals surface area contributed by atoms with E-state index in [2.05, 4.69) is 26.6 Å². The number of aliphatic carboxylic acids is 1. The number of benzene rings is 2. The summed E-state index contributed by atoms with van der Waals surface area (Å²) in [6.45, 7) is -0.123. The zero-order chi connectivity index (χ0) is 21.9. The fourth-order valence-corrected chi connectivity index (χ4v) is 3.05. The molecule has 2 aromatic carbocycles. The van der Waals surface area contributed by atoms with E-state index in [4.69, 9.17) is 4.74 Å². The minimum absolute atomic E-state index is 0.0819. The Kier molecular flexibility index (Phi) is 9.30. The standard InChI is InChI=1S/C21H23BrN2O6/c22-17-9-5-4-8-15(17)10-18(20(27)28)24-19(26)11-16(25)12-23-21(29)30-13-14-6-2-1-3-7-14/h1-9,16,18,25H,10-13H2,(H,23,29)(H,24,26)(H,27,28)/t16-,18-/m1/s1. The predicted octanol–water partition coefficient (Wildman–Crippen LogP) is 2.24. The normalized spacial score (nSPS) is 12.5. The average molecular weight is 479 g/mol. The van der Waals surface area contributed by atoms with Gasteiger partial charge in [-0.3, -0.25) is 4.79 Å². The van der Waals surface area contributed by atoms with Gasteiger partial charge in [0.05, 0.1) is 12.5 Å². The molecule has 2 amide bonds. The summed E-state index contributed by atoms with van der Waals surface area (Å²) in [4.78, 5) is 35.3. The topological polar surface area (TPSA) is 125 Å². The van der Waals surface area contributed by atoms with Gasteiger partial charge >= 0.3 is 12.1 Å². The molecule has 4 N–H and O–H groups in total. The van der Waals surface area contributed by atoms with E-state index in [0.717, 1.165) is 15.6 Å². The molecule has 0 radical (unpaired) electrons. The summed E-state index contributed by atoms with van der Waals surface area (Å²) in [5, 5.41) is 24.1. The fourth-order valence-electron chi connectivity index (χ4n) is 2.60. The van der Waals surface area contributed by atoms with Crippen LogP contribution in [0.5, 0.6) is 0 Å². The monoisotopic (exact) mass is 478 g/mol. The SMILES string of the molecule is O=C(C[C@@H](O)CNC(=O)OCc1ccccc1)N[C@H](Cc1ccccc1Br)C(=O)O. The van der Waals surface area contributed by atoms with Gasteiger partial charge in [-0.25, -0.2) is 9.59 Å². The number of aliphatic hydroxyl groups excluding tert-OH is 1. The molecule has 0 aliphatic carbocycles. The first-order chi connectivity index (χ1) is 14.3. The van der Waals surface area contributed by atoms with E-state index in [0.29, 0.717) is 0 Å². The van der Waals surface area contributed by atoms with Crippen molar-refractivity contribution in [2.24, 2.45) is 0 Å². The number of halogens is 1. The van der Waals surface area contributed by atoms with Gasteiger partial charge in [0.2, 0.25) is 5.91 Å². The number of ether oxygens (including phenoxy) is 1. The van der Waals surface area contributed by atoms with Crippen LogP contribution in [0.3, 0.4) is 0 Å². The van der Waals surface area contributed by atoms with Gasteiger partial charge in [0, 0.05) is 17.4 Å². The number of amides is 2. The quantitative estimate of drug-likeness (QED) is 0.414. The summed E-state index contributed by atoms with van der Waals surface area (Å²) in [5.41, 5.74) is 1.55. The molecule has 0 unspecified atom stereocenters. The van der Waals surface area contributed by atoms with E-state index in [9.17, 15) is 24.6 Å². The molecule has 0 aliphatic heterocycles. The van der Waals surface area contributed by atoms with Crippen LogP contribution in [-0.2, 0) is 27.4 Å². The Hall–Kier alpha value is -2.91. The maximum Gasteiger partial charge on any atom is 0.407 e. The lowest BCUT2D eigenvalue weighted by Crippen LogP contribution is -2.44. The number of nitrogens with one attached hydrogen (secondary N) is 2. The van der Waals surface area contributed by atoms with Crippen molar-refractivity contribution in [1.82, 2.24) is 10.6 Å². The third-order valence-electron chi connectivity index (χ3n) is 4.13. The number of alkyl carbamates (subject to hydrolysis) is 1. The predicted molar refractivity (Wildman–Crippen MR) is 113 cm³/mol. The summed E-state index contributed by atoms with van der Waals surface area (Å²) >= 11 is 3.34. The molecular weight excluding hydrogens is 456 g/mol. The van der Waals surface area contributed by atoms with Gasteiger partial charge in [-0.2, -0.15) is 0 Å². The molecule has 0 aromatic heterocycles. The Morgan fingerprint density at radius 1 is 1.03 bits per heavy atom. The molecule has 0 spiro atoms. The molecule has 0 saturated heterocycles. The molecule has 0 heterocycles. The first kappa shape index (κ1) is 23.4. The van der Waals surface area contributed by atoms with Gasteiger partial charge in [0.15, 0.2) is 0 Å². The first-order valence-corrected chi connectivity index (χ1v) is 10.0. The molecule has 2 atom stereocenters. The molecule has 0 saturated carbocycles. The molecule has 0 bridgehead atoms. The lowest BCUT2D eigenvalue weighted by atomic mass is 10.1. The number of rotatable bonds is 10. The van der Waals surface area contributed by atoms with Gasteiger partial charge in [-0.1, -0.05) is 64.5 Å². The minimum atomic E-state index is -1.19. The second-order valence-corrected chi connectivity index (χ2v) is 7.41. The maximum atomic E-state index is 12.1. The molecular formula is C21H23BrN2O6. The summed E-state index contributed by atoms with van der Waals surface area (Å²) in [6, 6.07) is 15.1. The largest absolute Gasteiger partial charge is 0.480 e. The van der Waals surface area contributed by atoms with Gasteiger partial charge in [0.25, 0.3) is 0 Å². The van der Waals surface area contributed by atoms with E-state index in [1.807, 2.05) is 18.2 Å². The Morgan fingerprint density at radius 3 is 2.37 bits per heavy atom. The number of carboxylic acids is 1. The van der Waals surface area contributed by atoms with Crippen LogP contribution < -0.4 is 10.6 Å². The van der Waals surface area contributed by atoms with Crippen molar-refractivity contribution in [3.8, 4) is 0 Å². The summed E-state index contributed by atoms with van der Waals surface area (Å²) < 4.78 is 5.75. The van der Waals surface area contributed by atoms with Crippen molar-refractivity contribution < 1.29 is 29.3 Å². The van der Waals surface area contributed by atoms with E-state index >= 15 is 0 Å². The number of aliphatic hydroxyl groups is 1. The van der Waals surface area contributed by atoms with E-state index in [1.165, 1.54) is 0 Å². The highest BCUT2D eigenvalue weighted by molar-refractivity contribution is 9.10. The maximum absolute atomic E-state index is 12.1. The van der Waals surface area contributed by atoms with Crippen molar-refractivity contribution in [3.05, 3.63) is 70.2 Å². The zero-order valence-corrected chi connectivity index (χ0v) is 17.7. The minimum Gasteiger partial charge on any atom is -0.480 e. The van der Waals surface area contributed by atoms with E-state index < -0.39 is 30.1 Å². The third-order valence-corrected chi connectivity index (χ3v) is 4.90. The molecule has 30 heavy (non-hydrogen) atoms. The average Bonchev–Trinajstić information content (AvgIpc) is 2.72. The molecule has 2 rings (SSSR count). The lowest BCUT2D eigenvalue weighted by Gasteiger charge is -2.17. The Morgan fingerprint density at radius 2 is 1.70 bits per heavy atom. The molecule has 8 nitrogen and oxygen atoms in total. The van der Waals surface area contributed by atoms with Crippen LogP contribution in [0.15, 0.2) is 59.1 Å². The highest BCUT2D eigenvalue weighted by Gasteiger charge is 2.22. The molecule has 9 heteroatoms. The summed E-state index contributed by atoms with van der Waals surface area (Å²) in [7, 11) is 0. The molecule has 2 aromatic rings. The van der Waals surface area contributed by atoms with E-state index in [-0.39, 0.29) is 26.0 Å². The number of carbonyl (C=O) groups excluding carboxylic acids is 2. The third kappa shape index (κ3) is 8.22. The van der Waals surface area contributed by atoms with Crippen molar-refractivity contribution in [2.45, 2.75) is 31.6 Å². The number of hydrogen-bond acceptors (Lipinski definition) is 5. The van der Waals surface area contributed by atoms with E-state index in [1.54, 1.807) is 36.4 Å². The van der Waals surface area contributed by atoms with Crippen LogP contribution >= 0.6 is 15.9 Å².